The molecule has 1 N–H and O–H groups in total. The number of carbonyl (C=O) groups excluding carboxylic acids is 1. The van der Waals surface area contributed by atoms with Gasteiger partial charge in [0.15, 0.2) is 0 Å². The first kappa shape index (κ1) is 12.2. The van der Waals surface area contributed by atoms with Gasteiger partial charge < -0.3 is 5.32 Å². The van der Waals surface area contributed by atoms with Crippen molar-refractivity contribution in [1.29, 1.82) is 0 Å². The lowest BCUT2D eigenvalue weighted by Crippen LogP contribution is -2.35. The highest BCUT2D eigenvalue weighted by Gasteiger charge is 2.23. The van der Waals surface area contributed by atoms with Crippen LogP contribution in [0.1, 0.15) is 21.6 Å². The second-order valence-corrected chi connectivity index (χ2v) is 5.14. The molecule has 1 aliphatic carbocycles. The molecule has 2 aromatic rings. The lowest BCUT2D eigenvalue weighted by atomic mass is 10.1. The van der Waals surface area contributed by atoms with Crippen molar-refractivity contribution in [2.45, 2.75) is 18.9 Å². The van der Waals surface area contributed by atoms with Crippen LogP contribution in [0.2, 0.25) is 5.02 Å². The highest BCUT2D eigenvalue weighted by atomic mass is 35.5. The Morgan fingerprint density at radius 2 is 1.89 bits per heavy atom. The molecule has 1 heterocycles. The van der Waals surface area contributed by atoms with Crippen LogP contribution in [0.4, 0.5) is 0 Å². The molecule has 0 aliphatic heterocycles. The summed E-state index contributed by atoms with van der Waals surface area (Å²) in [6.45, 7) is 0. The summed E-state index contributed by atoms with van der Waals surface area (Å²) in [6.07, 6.45) is 3.30. The summed E-state index contributed by atoms with van der Waals surface area (Å²) in [5.41, 5.74) is 2.99. The number of rotatable bonds is 2. The van der Waals surface area contributed by atoms with Crippen molar-refractivity contribution >= 4 is 17.5 Å². The molecule has 1 amide bonds. The minimum Gasteiger partial charge on any atom is -0.347 e. The molecule has 19 heavy (non-hydrogen) atoms. The molecule has 0 bridgehead atoms. The Labute approximate surface area is 116 Å². The van der Waals surface area contributed by atoms with E-state index in [0.29, 0.717) is 10.7 Å². The van der Waals surface area contributed by atoms with Crippen LogP contribution in [0.25, 0.3) is 0 Å². The Balaban J connectivity index is 1.69. The molecule has 0 saturated carbocycles. The smallest absolute Gasteiger partial charge is 0.270 e. The van der Waals surface area contributed by atoms with Gasteiger partial charge in [0.2, 0.25) is 0 Å². The van der Waals surface area contributed by atoms with E-state index in [0.717, 1.165) is 12.8 Å². The van der Waals surface area contributed by atoms with Crippen molar-refractivity contribution in [2.75, 3.05) is 0 Å². The van der Waals surface area contributed by atoms with Crippen LogP contribution in [0.5, 0.6) is 0 Å². The van der Waals surface area contributed by atoms with E-state index in [1.54, 1.807) is 18.3 Å². The summed E-state index contributed by atoms with van der Waals surface area (Å²) < 4.78 is 0. The maximum absolute atomic E-state index is 12.1. The van der Waals surface area contributed by atoms with Crippen molar-refractivity contribution in [3.63, 3.8) is 0 Å². The summed E-state index contributed by atoms with van der Waals surface area (Å²) in [7, 11) is 0. The maximum Gasteiger partial charge on any atom is 0.270 e. The van der Waals surface area contributed by atoms with Gasteiger partial charge in [-0.2, -0.15) is 0 Å². The van der Waals surface area contributed by atoms with Crippen LogP contribution in [0, 0.1) is 0 Å². The van der Waals surface area contributed by atoms with Crippen molar-refractivity contribution in [1.82, 2.24) is 10.3 Å². The van der Waals surface area contributed by atoms with Crippen LogP contribution < -0.4 is 5.32 Å². The molecule has 96 valence electrons. The minimum absolute atomic E-state index is 0.144. The lowest BCUT2D eigenvalue weighted by Gasteiger charge is -2.11. The van der Waals surface area contributed by atoms with Crippen molar-refractivity contribution in [3.05, 3.63) is 64.4 Å². The number of nitrogens with one attached hydrogen (secondary N) is 1. The molecule has 4 heteroatoms. The monoisotopic (exact) mass is 272 g/mol. The third kappa shape index (κ3) is 2.61. The molecule has 3 nitrogen and oxygen atoms in total. The first-order valence-corrected chi connectivity index (χ1v) is 6.59. The third-order valence-corrected chi connectivity index (χ3v) is 3.58. The SMILES string of the molecule is O=C(NC1Cc2ccccc2C1)c1cc(Cl)ccn1. The quantitative estimate of drug-likeness (QED) is 0.913. The summed E-state index contributed by atoms with van der Waals surface area (Å²) in [4.78, 5) is 16.1. The van der Waals surface area contributed by atoms with Crippen LogP contribution in [0.3, 0.4) is 0 Å². The number of carbonyl (C=O) groups is 1. The van der Waals surface area contributed by atoms with Gasteiger partial charge in [-0.1, -0.05) is 35.9 Å². The van der Waals surface area contributed by atoms with Gasteiger partial charge in [0.05, 0.1) is 0 Å². The lowest BCUT2D eigenvalue weighted by molar-refractivity contribution is 0.0933. The Bertz CT molecular complexity index is 602. The molecular weight excluding hydrogens is 260 g/mol. The number of amides is 1. The average Bonchev–Trinajstić information content (AvgIpc) is 2.80. The first-order chi connectivity index (χ1) is 9.22. The van der Waals surface area contributed by atoms with Crippen LogP contribution in [-0.2, 0) is 12.8 Å². The molecule has 1 aromatic carbocycles. The second-order valence-electron chi connectivity index (χ2n) is 4.71. The first-order valence-electron chi connectivity index (χ1n) is 6.21. The minimum atomic E-state index is -0.166. The Morgan fingerprint density at radius 1 is 1.21 bits per heavy atom. The predicted molar refractivity (Wildman–Crippen MR) is 74.4 cm³/mol. The van der Waals surface area contributed by atoms with Gasteiger partial charge in [0.1, 0.15) is 5.69 Å². The largest absolute Gasteiger partial charge is 0.347 e. The van der Waals surface area contributed by atoms with E-state index < -0.39 is 0 Å². The number of halogens is 1. The molecule has 0 radical (unpaired) electrons. The molecule has 0 saturated heterocycles. The molecule has 1 aromatic heterocycles. The molecule has 0 spiro atoms. The van der Waals surface area contributed by atoms with Crippen LogP contribution in [0.15, 0.2) is 42.6 Å². The van der Waals surface area contributed by atoms with E-state index in [9.17, 15) is 4.79 Å². The van der Waals surface area contributed by atoms with Gasteiger partial charge in [-0.25, -0.2) is 0 Å². The Morgan fingerprint density at radius 3 is 2.53 bits per heavy atom. The molecule has 3 rings (SSSR count). The number of nitrogens with zero attached hydrogens (tertiary/aromatic N) is 1. The Kier molecular flexibility index (Phi) is 3.22. The highest BCUT2D eigenvalue weighted by Crippen LogP contribution is 2.21. The molecule has 0 unspecified atom stereocenters. The normalized spacial score (nSPS) is 14.2. The summed E-state index contributed by atoms with van der Waals surface area (Å²) >= 11 is 5.86. The van der Waals surface area contributed by atoms with E-state index in [2.05, 4.69) is 22.4 Å². The average molecular weight is 273 g/mol. The number of hydrogen-bond donors (Lipinski definition) is 1. The highest BCUT2D eigenvalue weighted by molar-refractivity contribution is 6.30. The topological polar surface area (TPSA) is 42.0 Å². The van der Waals surface area contributed by atoms with E-state index in [4.69, 9.17) is 11.6 Å². The Hall–Kier alpha value is -1.87. The van der Waals surface area contributed by atoms with Gasteiger partial charge in [0.25, 0.3) is 5.91 Å². The molecular formula is C15H13ClN2O. The van der Waals surface area contributed by atoms with Gasteiger partial charge in [-0.05, 0) is 36.1 Å². The number of benzene rings is 1. The molecule has 0 fully saturated rings. The number of hydrogen-bond acceptors (Lipinski definition) is 2. The zero-order chi connectivity index (χ0) is 13.2. The fraction of sp³-hybridized carbons (Fsp3) is 0.200. The molecule has 1 aliphatic rings. The maximum atomic E-state index is 12.1. The van der Waals surface area contributed by atoms with E-state index in [-0.39, 0.29) is 11.9 Å². The van der Waals surface area contributed by atoms with E-state index in [1.165, 1.54) is 11.1 Å². The zero-order valence-corrected chi connectivity index (χ0v) is 11.0. The third-order valence-electron chi connectivity index (χ3n) is 3.34. The number of pyridine rings is 1. The summed E-state index contributed by atoms with van der Waals surface area (Å²) in [6, 6.07) is 11.7. The summed E-state index contributed by atoms with van der Waals surface area (Å²) in [5, 5.41) is 3.53. The van der Waals surface area contributed by atoms with Gasteiger partial charge >= 0.3 is 0 Å². The van der Waals surface area contributed by atoms with Gasteiger partial charge in [0, 0.05) is 17.3 Å². The fourth-order valence-electron chi connectivity index (χ4n) is 2.45. The summed E-state index contributed by atoms with van der Waals surface area (Å²) in [5.74, 6) is -0.166. The van der Waals surface area contributed by atoms with E-state index in [1.807, 2.05) is 12.1 Å². The molecule has 0 atom stereocenters. The zero-order valence-electron chi connectivity index (χ0n) is 10.3. The van der Waals surface area contributed by atoms with Crippen molar-refractivity contribution in [3.8, 4) is 0 Å². The van der Waals surface area contributed by atoms with E-state index >= 15 is 0 Å². The van der Waals surface area contributed by atoms with Gasteiger partial charge in [-0.15, -0.1) is 0 Å². The van der Waals surface area contributed by atoms with Crippen molar-refractivity contribution in [2.24, 2.45) is 0 Å². The van der Waals surface area contributed by atoms with Crippen molar-refractivity contribution < 1.29 is 4.79 Å². The second kappa shape index (κ2) is 5.02. The van der Waals surface area contributed by atoms with Gasteiger partial charge in [-0.3, -0.25) is 9.78 Å². The predicted octanol–water partition coefficient (Wildman–Crippen LogP) is 2.63. The van der Waals surface area contributed by atoms with Crippen LogP contribution in [-0.4, -0.2) is 16.9 Å². The van der Waals surface area contributed by atoms with Crippen LogP contribution >= 0.6 is 11.6 Å². The number of fused-ring (bicyclic) bond motifs is 1. The fourth-order valence-corrected chi connectivity index (χ4v) is 2.61. The standard InChI is InChI=1S/C15H13ClN2O/c16-12-5-6-17-14(9-12)15(19)18-13-7-10-3-1-2-4-11(10)8-13/h1-6,9,13H,7-8H2,(H,18,19). The number of aromatic nitrogens is 1.